The molecule has 1 N–H and O–H groups in total. The quantitative estimate of drug-likeness (QED) is 0.750. The lowest BCUT2D eigenvalue weighted by molar-refractivity contribution is 0.0689. The van der Waals surface area contributed by atoms with E-state index in [2.05, 4.69) is 0 Å². The Labute approximate surface area is 91.2 Å². The average Bonchev–Trinajstić information content (AvgIpc) is 2.29. The molecule has 82 valence electrons. The van der Waals surface area contributed by atoms with Gasteiger partial charge < -0.3 is 9.84 Å². The van der Waals surface area contributed by atoms with Crippen molar-refractivity contribution in [1.29, 1.82) is 0 Å². The lowest BCUT2D eigenvalue weighted by atomic mass is 10.1. The van der Waals surface area contributed by atoms with E-state index in [-0.39, 0.29) is 12.7 Å². The van der Waals surface area contributed by atoms with Gasteiger partial charge in [0, 0.05) is 0 Å². The highest BCUT2D eigenvalue weighted by Gasteiger charge is 2.06. The lowest BCUT2D eigenvalue weighted by Gasteiger charge is -2.15. The monoisotopic (exact) mass is 206 g/mol. The summed E-state index contributed by atoms with van der Waals surface area (Å²) >= 11 is 0. The molecule has 1 unspecified atom stereocenters. The molecule has 0 saturated carbocycles. The topological polar surface area (TPSA) is 29.5 Å². The average molecular weight is 206 g/mol. The van der Waals surface area contributed by atoms with Crippen molar-refractivity contribution in [2.75, 3.05) is 6.61 Å². The number of benzene rings is 1. The molecule has 1 aromatic rings. The highest BCUT2D eigenvalue weighted by molar-refractivity contribution is 5.14. The molecule has 0 aliphatic carbocycles. The minimum atomic E-state index is -0.0276. The van der Waals surface area contributed by atoms with Crippen LogP contribution in [0.1, 0.15) is 19.4 Å². The van der Waals surface area contributed by atoms with Crippen molar-refractivity contribution in [3.05, 3.63) is 47.5 Å². The number of aliphatic hydroxyl groups is 1. The molecule has 1 aromatic carbocycles. The summed E-state index contributed by atoms with van der Waals surface area (Å²) in [6.07, 6.45) is 1.87. The number of aliphatic hydroxyl groups excluding tert-OH is 1. The molecule has 0 aromatic heterocycles. The molecule has 0 heterocycles. The maximum absolute atomic E-state index is 9.05. The molecule has 1 rings (SSSR count). The van der Waals surface area contributed by atoms with Gasteiger partial charge in [0.05, 0.1) is 19.3 Å². The van der Waals surface area contributed by atoms with Crippen molar-refractivity contribution < 1.29 is 9.84 Å². The van der Waals surface area contributed by atoms with Crippen LogP contribution < -0.4 is 0 Å². The summed E-state index contributed by atoms with van der Waals surface area (Å²) in [7, 11) is 0. The minimum absolute atomic E-state index is 0.0276. The first-order chi connectivity index (χ1) is 7.27. The molecular weight excluding hydrogens is 188 g/mol. The normalized spacial score (nSPS) is 13.9. The van der Waals surface area contributed by atoms with Crippen molar-refractivity contribution in [3.8, 4) is 0 Å². The maximum atomic E-state index is 9.05. The van der Waals surface area contributed by atoms with Crippen LogP contribution in [-0.4, -0.2) is 17.8 Å². The number of hydrogen-bond donors (Lipinski definition) is 1. The Morgan fingerprint density at radius 3 is 2.60 bits per heavy atom. The summed E-state index contributed by atoms with van der Waals surface area (Å²) < 4.78 is 5.64. The van der Waals surface area contributed by atoms with Crippen LogP contribution in [0.15, 0.2) is 42.0 Å². The first-order valence-electron chi connectivity index (χ1n) is 5.19. The van der Waals surface area contributed by atoms with Gasteiger partial charge >= 0.3 is 0 Å². The SMILES string of the molecule is C/C=C(/CO)C(C)OCc1ccccc1. The minimum Gasteiger partial charge on any atom is -0.392 e. The molecule has 0 aliphatic heterocycles. The van der Waals surface area contributed by atoms with Crippen molar-refractivity contribution in [2.24, 2.45) is 0 Å². The van der Waals surface area contributed by atoms with Gasteiger partial charge in [-0.15, -0.1) is 0 Å². The van der Waals surface area contributed by atoms with Crippen LogP contribution in [0.2, 0.25) is 0 Å². The first-order valence-corrected chi connectivity index (χ1v) is 5.19. The maximum Gasteiger partial charge on any atom is 0.0783 e. The van der Waals surface area contributed by atoms with Gasteiger partial charge in [-0.05, 0) is 25.0 Å². The van der Waals surface area contributed by atoms with Crippen molar-refractivity contribution in [2.45, 2.75) is 26.6 Å². The number of rotatable bonds is 5. The molecule has 0 aliphatic rings. The second kappa shape index (κ2) is 6.38. The van der Waals surface area contributed by atoms with E-state index < -0.39 is 0 Å². The molecule has 0 bridgehead atoms. The van der Waals surface area contributed by atoms with Gasteiger partial charge in [0.15, 0.2) is 0 Å². The Kier molecular flexibility index (Phi) is 5.08. The molecule has 15 heavy (non-hydrogen) atoms. The molecule has 1 atom stereocenters. The lowest BCUT2D eigenvalue weighted by Crippen LogP contribution is -2.14. The highest BCUT2D eigenvalue weighted by atomic mass is 16.5. The van der Waals surface area contributed by atoms with Gasteiger partial charge in [0.1, 0.15) is 0 Å². The molecule has 0 amide bonds. The van der Waals surface area contributed by atoms with Crippen molar-refractivity contribution in [1.82, 2.24) is 0 Å². The molecule has 0 spiro atoms. The van der Waals surface area contributed by atoms with Crippen LogP contribution >= 0.6 is 0 Å². The Hall–Kier alpha value is -1.12. The van der Waals surface area contributed by atoms with E-state index in [0.717, 1.165) is 11.1 Å². The molecule has 0 radical (unpaired) electrons. The third kappa shape index (κ3) is 3.86. The fourth-order valence-electron chi connectivity index (χ4n) is 1.36. The van der Waals surface area contributed by atoms with Gasteiger partial charge in [-0.3, -0.25) is 0 Å². The van der Waals surface area contributed by atoms with E-state index in [1.165, 1.54) is 0 Å². The van der Waals surface area contributed by atoms with E-state index in [4.69, 9.17) is 9.84 Å². The third-order valence-corrected chi connectivity index (χ3v) is 2.42. The molecule has 0 fully saturated rings. The molecular formula is C13H18O2. The Balaban J connectivity index is 2.44. The van der Waals surface area contributed by atoms with Crippen LogP contribution in [0.3, 0.4) is 0 Å². The second-order valence-corrected chi connectivity index (χ2v) is 3.46. The van der Waals surface area contributed by atoms with Gasteiger partial charge in [-0.1, -0.05) is 36.4 Å². The van der Waals surface area contributed by atoms with Crippen LogP contribution in [0.4, 0.5) is 0 Å². The Morgan fingerprint density at radius 2 is 2.07 bits per heavy atom. The molecule has 2 heteroatoms. The third-order valence-electron chi connectivity index (χ3n) is 2.42. The first kappa shape index (κ1) is 12.0. The van der Waals surface area contributed by atoms with Crippen LogP contribution in [0.25, 0.3) is 0 Å². The van der Waals surface area contributed by atoms with E-state index in [0.29, 0.717) is 6.61 Å². The fourth-order valence-corrected chi connectivity index (χ4v) is 1.36. The second-order valence-electron chi connectivity index (χ2n) is 3.46. The van der Waals surface area contributed by atoms with Crippen LogP contribution in [0.5, 0.6) is 0 Å². The summed E-state index contributed by atoms with van der Waals surface area (Å²) in [6, 6.07) is 10.0. The van der Waals surface area contributed by atoms with Crippen LogP contribution in [-0.2, 0) is 11.3 Å². The highest BCUT2D eigenvalue weighted by Crippen LogP contribution is 2.09. The summed E-state index contributed by atoms with van der Waals surface area (Å²) in [5.41, 5.74) is 2.07. The molecule has 0 saturated heterocycles. The largest absolute Gasteiger partial charge is 0.392 e. The predicted octanol–water partition coefficient (Wildman–Crippen LogP) is 2.53. The van der Waals surface area contributed by atoms with E-state index in [9.17, 15) is 0 Å². The summed E-state index contributed by atoms with van der Waals surface area (Å²) in [5, 5.41) is 9.05. The van der Waals surface area contributed by atoms with Gasteiger partial charge in [0.25, 0.3) is 0 Å². The fraction of sp³-hybridized carbons (Fsp3) is 0.385. The number of allylic oxidation sites excluding steroid dienone is 1. The zero-order chi connectivity index (χ0) is 11.1. The van der Waals surface area contributed by atoms with Gasteiger partial charge in [-0.25, -0.2) is 0 Å². The predicted molar refractivity (Wildman–Crippen MR) is 61.5 cm³/mol. The Morgan fingerprint density at radius 1 is 1.40 bits per heavy atom. The zero-order valence-electron chi connectivity index (χ0n) is 9.31. The van der Waals surface area contributed by atoms with Gasteiger partial charge in [0.2, 0.25) is 0 Å². The van der Waals surface area contributed by atoms with E-state index in [1.54, 1.807) is 0 Å². The standard InChI is InChI=1S/C13H18O2/c1-3-13(9-14)11(2)15-10-12-7-5-4-6-8-12/h3-8,11,14H,9-10H2,1-2H3/b13-3-. The molecule has 2 nitrogen and oxygen atoms in total. The van der Waals surface area contributed by atoms with Crippen molar-refractivity contribution in [3.63, 3.8) is 0 Å². The van der Waals surface area contributed by atoms with Crippen molar-refractivity contribution >= 4 is 0 Å². The zero-order valence-corrected chi connectivity index (χ0v) is 9.31. The summed E-state index contributed by atoms with van der Waals surface area (Å²) in [6.45, 7) is 4.51. The number of hydrogen-bond acceptors (Lipinski definition) is 2. The van der Waals surface area contributed by atoms with E-state index in [1.807, 2.05) is 50.3 Å². The summed E-state index contributed by atoms with van der Waals surface area (Å²) in [4.78, 5) is 0. The van der Waals surface area contributed by atoms with Crippen LogP contribution in [0, 0.1) is 0 Å². The van der Waals surface area contributed by atoms with E-state index >= 15 is 0 Å². The number of ether oxygens (including phenoxy) is 1. The van der Waals surface area contributed by atoms with Gasteiger partial charge in [-0.2, -0.15) is 0 Å². The summed E-state index contributed by atoms with van der Waals surface area (Å²) in [5.74, 6) is 0. The Bertz CT molecular complexity index is 304. The smallest absolute Gasteiger partial charge is 0.0783 e.